The molecule has 0 bridgehead atoms. The number of thioether (sulfide) groups is 1. The summed E-state index contributed by atoms with van der Waals surface area (Å²) in [6.07, 6.45) is 4.82. The van der Waals surface area contributed by atoms with Gasteiger partial charge in [0.15, 0.2) is 0 Å². The highest BCUT2D eigenvalue weighted by Crippen LogP contribution is 2.27. The number of nitrogens with one attached hydrogen (secondary N) is 1. The fraction of sp³-hybridized carbons (Fsp3) is 0.700. The van der Waals surface area contributed by atoms with Gasteiger partial charge in [-0.15, -0.1) is 11.8 Å². The van der Waals surface area contributed by atoms with Gasteiger partial charge in [0, 0.05) is 23.8 Å². The summed E-state index contributed by atoms with van der Waals surface area (Å²) in [4.78, 5) is 0. The quantitative estimate of drug-likeness (QED) is 0.594. The minimum Gasteiger partial charge on any atom is -0.309 e. The second-order valence-electron chi connectivity index (χ2n) is 3.40. The molecule has 0 aromatic rings. The van der Waals surface area contributed by atoms with Gasteiger partial charge in [0.05, 0.1) is 10.3 Å². The standard InChI is InChI=1S/C10H14N2S2/c11-6-3-7-14-10(13)8-4-1-2-5-9(8)12/h8,12H,1-5,7H2/t8-/m0/s1. The van der Waals surface area contributed by atoms with E-state index in [0.29, 0.717) is 6.42 Å². The average Bonchev–Trinajstić information content (AvgIpc) is 2.18. The Hall–Kier alpha value is -0.400. The molecular formula is C10H14N2S2. The first-order chi connectivity index (χ1) is 6.75. The molecule has 0 spiro atoms. The lowest BCUT2D eigenvalue weighted by molar-refractivity contribution is 0.616. The van der Waals surface area contributed by atoms with Gasteiger partial charge in [-0.05, 0) is 19.3 Å². The van der Waals surface area contributed by atoms with E-state index in [9.17, 15) is 0 Å². The fourth-order valence-corrected chi connectivity index (χ4v) is 2.94. The van der Waals surface area contributed by atoms with E-state index in [1.165, 1.54) is 6.42 Å². The van der Waals surface area contributed by atoms with Crippen molar-refractivity contribution in [3.63, 3.8) is 0 Å². The van der Waals surface area contributed by atoms with Crippen molar-refractivity contribution >= 4 is 33.9 Å². The second kappa shape index (κ2) is 6.15. The maximum atomic E-state index is 8.39. The van der Waals surface area contributed by atoms with E-state index < -0.39 is 0 Å². The Labute approximate surface area is 94.6 Å². The third-order valence-corrected chi connectivity index (χ3v) is 3.97. The van der Waals surface area contributed by atoms with Crippen molar-refractivity contribution < 1.29 is 0 Å². The summed E-state index contributed by atoms with van der Waals surface area (Å²) >= 11 is 6.86. The predicted octanol–water partition coefficient (Wildman–Crippen LogP) is 3.17. The van der Waals surface area contributed by atoms with Gasteiger partial charge >= 0.3 is 0 Å². The van der Waals surface area contributed by atoms with E-state index >= 15 is 0 Å². The van der Waals surface area contributed by atoms with Crippen molar-refractivity contribution in [2.45, 2.75) is 32.1 Å². The monoisotopic (exact) mass is 226 g/mol. The maximum absolute atomic E-state index is 8.39. The lowest BCUT2D eigenvalue weighted by Gasteiger charge is -2.22. The molecule has 1 saturated carbocycles. The molecule has 2 nitrogen and oxygen atoms in total. The first-order valence-electron chi connectivity index (χ1n) is 4.86. The van der Waals surface area contributed by atoms with Crippen LogP contribution in [0.4, 0.5) is 0 Å². The van der Waals surface area contributed by atoms with Crippen LogP contribution in [0.2, 0.25) is 0 Å². The average molecular weight is 226 g/mol. The molecule has 0 aliphatic heterocycles. The number of rotatable bonds is 3. The highest BCUT2D eigenvalue weighted by atomic mass is 32.2. The zero-order chi connectivity index (χ0) is 10.4. The third-order valence-electron chi connectivity index (χ3n) is 2.35. The van der Waals surface area contributed by atoms with Crippen molar-refractivity contribution in [3.05, 3.63) is 0 Å². The van der Waals surface area contributed by atoms with E-state index in [-0.39, 0.29) is 5.92 Å². The van der Waals surface area contributed by atoms with Gasteiger partial charge in [0.2, 0.25) is 0 Å². The summed E-state index contributed by atoms with van der Waals surface area (Å²) in [6.45, 7) is 0. The van der Waals surface area contributed by atoms with Crippen molar-refractivity contribution in [1.82, 2.24) is 0 Å². The maximum Gasteiger partial charge on any atom is 0.0630 e. The minimum absolute atomic E-state index is 0.211. The van der Waals surface area contributed by atoms with Crippen molar-refractivity contribution in [2.75, 3.05) is 5.75 Å². The van der Waals surface area contributed by atoms with Crippen LogP contribution in [0.5, 0.6) is 0 Å². The zero-order valence-corrected chi connectivity index (χ0v) is 9.72. The van der Waals surface area contributed by atoms with Gasteiger partial charge in [-0.1, -0.05) is 18.6 Å². The van der Waals surface area contributed by atoms with Crippen molar-refractivity contribution in [1.29, 1.82) is 10.7 Å². The molecule has 0 radical (unpaired) electrons. The van der Waals surface area contributed by atoms with Crippen LogP contribution < -0.4 is 0 Å². The molecule has 0 saturated heterocycles. The van der Waals surface area contributed by atoms with Crippen LogP contribution >= 0.6 is 24.0 Å². The van der Waals surface area contributed by atoms with Crippen molar-refractivity contribution in [3.8, 4) is 6.07 Å². The Morgan fingerprint density at radius 2 is 2.43 bits per heavy atom. The Morgan fingerprint density at radius 3 is 3.07 bits per heavy atom. The second-order valence-corrected chi connectivity index (χ2v) is 5.23. The van der Waals surface area contributed by atoms with Crippen LogP contribution in [0.25, 0.3) is 0 Å². The van der Waals surface area contributed by atoms with Crippen LogP contribution in [0, 0.1) is 22.7 Å². The molecule has 1 atom stereocenters. The van der Waals surface area contributed by atoms with Gasteiger partial charge in [0.1, 0.15) is 0 Å². The van der Waals surface area contributed by atoms with Crippen LogP contribution in [-0.4, -0.2) is 15.7 Å². The van der Waals surface area contributed by atoms with Crippen LogP contribution in [0.1, 0.15) is 32.1 Å². The molecule has 0 amide bonds. The van der Waals surface area contributed by atoms with E-state index in [0.717, 1.165) is 34.9 Å². The highest BCUT2D eigenvalue weighted by Gasteiger charge is 2.22. The normalized spacial score (nSPS) is 21.6. The molecule has 0 unspecified atom stereocenters. The van der Waals surface area contributed by atoms with E-state index in [4.69, 9.17) is 22.9 Å². The van der Waals surface area contributed by atoms with Crippen LogP contribution in [0.15, 0.2) is 0 Å². The molecule has 1 N–H and O–H groups in total. The lowest BCUT2D eigenvalue weighted by atomic mass is 9.89. The van der Waals surface area contributed by atoms with Crippen LogP contribution in [-0.2, 0) is 0 Å². The number of thiocarbonyl (C=S) groups is 1. The molecule has 1 fully saturated rings. The molecule has 1 aliphatic rings. The lowest BCUT2D eigenvalue weighted by Crippen LogP contribution is -2.23. The SMILES string of the molecule is N#CCCSC(=S)[C@H]1CCCCC1=N. The Morgan fingerprint density at radius 1 is 1.64 bits per heavy atom. The third kappa shape index (κ3) is 3.39. The molecule has 0 aromatic carbocycles. The number of hydrogen-bond acceptors (Lipinski definition) is 4. The first kappa shape index (κ1) is 11.7. The summed E-state index contributed by atoms with van der Waals surface area (Å²) in [5.41, 5.74) is 0.797. The van der Waals surface area contributed by atoms with Gasteiger partial charge < -0.3 is 5.41 Å². The summed E-state index contributed by atoms with van der Waals surface area (Å²) in [7, 11) is 0. The summed E-state index contributed by atoms with van der Waals surface area (Å²) in [6, 6.07) is 2.10. The molecule has 1 aliphatic carbocycles. The van der Waals surface area contributed by atoms with E-state index in [2.05, 4.69) is 6.07 Å². The van der Waals surface area contributed by atoms with Gasteiger partial charge in [-0.25, -0.2) is 0 Å². The van der Waals surface area contributed by atoms with Crippen LogP contribution in [0.3, 0.4) is 0 Å². The van der Waals surface area contributed by atoms with E-state index in [1.54, 1.807) is 11.8 Å². The zero-order valence-electron chi connectivity index (χ0n) is 8.08. The molecular weight excluding hydrogens is 212 g/mol. The predicted molar refractivity (Wildman–Crippen MR) is 65.0 cm³/mol. The number of nitrogens with zero attached hydrogens (tertiary/aromatic N) is 1. The number of hydrogen-bond donors (Lipinski definition) is 1. The Balaban J connectivity index is 2.35. The largest absolute Gasteiger partial charge is 0.309 e. The summed E-state index contributed by atoms with van der Waals surface area (Å²) in [5, 5.41) is 16.2. The highest BCUT2D eigenvalue weighted by molar-refractivity contribution is 8.23. The Bertz CT molecular complexity index is 268. The molecule has 0 aromatic heterocycles. The molecule has 14 heavy (non-hydrogen) atoms. The van der Waals surface area contributed by atoms with Crippen molar-refractivity contribution in [2.24, 2.45) is 5.92 Å². The summed E-state index contributed by atoms with van der Waals surface area (Å²) in [5.74, 6) is 0.987. The number of nitriles is 1. The fourth-order valence-electron chi connectivity index (χ4n) is 1.57. The molecule has 1 rings (SSSR count). The Kier molecular flexibility index (Phi) is 5.13. The van der Waals surface area contributed by atoms with Gasteiger partial charge in [-0.2, -0.15) is 5.26 Å². The molecule has 4 heteroatoms. The van der Waals surface area contributed by atoms with Gasteiger partial charge in [-0.3, -0.25) is 0 Å². The smallest absolute Gasteiger partial charge is 0.0630 e. The van der Waals surface area contributed by atoms with Gasteiger partial charge in [0.25, 0.3) is 0 Å². The molecule has 76 valence electrons. The van der Waals surface area contributed by atoms with E-state index in [1.807, 2.05) is 0 Å². The minimum atomic E-state index is 0.211. The summed E-state index contributed by atoms with van der Waals surface area (Å²) < 4.78 is 0.921. The molecule has 0 heterocycles. The first-order valence-corrected chi connectivity index (χ1v) is 6.26. The topological polar surface area (TPSA) is 47.6 Å².